The summed E-state index contributed by atoms with van der Waals surface area (Å²) < 4.78 is 33.7. The summed E-state index contributed by atoms with van der Waals surface area (Å²) in [4.78, 5) is 28.1. The zero-order valence-electron chi connectivity index (χ0n) is 21.8. The normalized spacial score (nSPS) is 12.1. The van der Waals surface area contributed by atoms with Crippen molar-refractivity contribution < 1.29 is 22.7 Å². The second kappa shape index (κ2) is 12.8. The van der Waals surface area contributed by atoms with Crippen LogP contribution in [-0.2, 0) is 26.2 Å². The highest BCUT2D eigenvalue weighted by molar-refractivity contribution is 7.92. The number of rotatable bonds is 11. The highest BCUT2D eigenvalue weighted by atomic mass is 35.5. The molecule has 0 aliphatic carbocycles. The van der Waals surface area contributed by atoms with E-state index in [1.807, 2.05) is 13.8 Å². The van der Waals surface area contributed by atoms with Crippen LogP contribution in [0.15, 0.2) is 83.8 Å². The van der Waals surface area contributed by atoms with Crippen LogP contribution in [0.5, 0.6) is 5.75 Å². The molecule has 0 saturated heterocycles. The van der Waals surface area contributed by atoms with Crippen molar-refractivity contribution in [3.63, 3.8) is 0 Å². The monoisotopic (exact) mass is 557 g/mol. The molecule has 0 spiro atoms. The number of hydrogen-bond acceptors (Lipinski definition) is 5. The molecule has 3 rings (SSSR count). The number of ether oxygens (including phenoxy) is 1. The van der Waals surface area contributed by atoms with Crippen molar-refractivity contribution in [2.75, 3.05) is 18.0 Å². The van der Waals surface area contributed by atoms with E-state index in [0.717, 1.165) is 9.87 Å². The molecule has 0 aromatic heterocycles. The third-order valence-electron chi connectivity index (χ3n) is 5.83. The Morgan fingerprint density at radius 3 is 2.08 bits per heavy atom. The summed E-state index contributed by atoms with van der Waals surface area (Å²) in [7, 11) is -2.58. The molecule has 0 aliphatic rings. The van der Waals surface area contributed by atoms with Crippen LogP contribution in [0.1, 0.15) is 26.3 Å². The van der Waals surface area contributed by atoms with E-state index in [9.17, 15) is 18.0 Å². The molecule has 8 nitrogen and oxygen atoms in total. The van der Waals surface area contributed by atoms with Gasteiger partial charge in [0.05, 0.1) is 17.7 Å². The predicted molar refractivity (Wildman–Crippen MR) is 149 cm³/mol. The van der Waals surface area contributed by atoms with Crippen LogP contribution in [0.3, 0.4) is 0 Å². The Kier molecular flexibility index (Phi) is 9.77. The van der Waals surface area contributed by atoms with Gasteiger partial charge in [-0.2, -0.15) is 0 Å². The van der Waals surface area contributed by atoms with E-state index < -0.39 is 28.5 Å². The average molecular weight is 558 g/mol. The molecule has 0 bridgehead atoms. The summed E-state index contributed by atoms with van der Waals surface area (Å²) in [5.41, 5.74) is 1.08. The standard InChI is InChI=1S/C28H32ClN3O5S/c1-20(2)30-28(34)21(3)31(18-22-10-14-25(37-4)15-11-22)27(33)19-32(24-8-6-5-7-9-24)38(35,36)26-16-12-23(29)13-17-26/h5-17,20-21H,18-19H2,1-4H3,(H,30,34). The van der Waals surface area contributed by atoms with Crippen LogP contribution in [0.2, 0.25) is 5.02 Å². The van der Waals surface area contributed by atoms with Crippen molar-refractivity contribution in [1.82, 2.24) is 10.2 Å². The lowest BCUT2D eigenvalue weighted by Crippen LogP contribution is -2.52. The number of carbonyl (C=O) groups is 2. The molecule has 0 saturated carbocycles. The van der Waals surface area contributed by atoms with Crippen LogP contribution in [0, 0.1) is 0 Å². The number of benzene rings is 3. The summed E-state index contributed by atoms with van der Waals surface area (Å²) in [6.07, 6.45) is 0. The number of carbonyl (C=O) groups excluding carboxylic acids is 2. The number of methoxy groups -OCH3 is 1. The highest BCUT2D eigenvalue weighted by Gasteiger charge is 2.32. The second-order valence-electron chi connectivity index (χ2n) is 9.01. The smallest absolute Gasteiger partial charge is 0.264 e. The maximum atomic E-state index is 13.8. The third kappa shape index (κ3) is 7.26. The molecule has 38 heavy (non-hydrogen) atoms. The number of hydrogen-bond donors (Lipinski definition) is 1. The van der Waals surface area contributed by atoms with Gasteiger partial charge in [0.25, 0.3) is 10.0 Å². The summed E-state index contributed by atoms with van der Waals surface area (Å²) in [5, 5.41) is 3.22. The van der Waals surface area contributed by atoms with Gasteiger partial charge >= 0.3 is 0 Å². The van der Waals surface area contributed by atoms with Gasteiger partial charge in [0.2, 0.25) is 11.8 Å². The van der Waals surface area contributed by atoms with Gasteiger partial charge in [-0.05, 0) is 74.9 Å². The average Bonchev–Trinajstić information content (AvgIpc) is 2.90. The Morgan fingerprint density at radius 1 is 0.921 bits per heavy atom. The minimum Gasteiger partial charge on any atom is -0.497 e. The van der Waals surface area contributed by atoms with Crippen LogP contribution in [-0.4, -0.2) is 50.9 Å². The predicted octanol–water partition coefficient (Wildman–Crippen LogP) is 4.49. The van der Waals surface area contributed by atoms with E-state index in [-0.39, 0.29) is 23.4 Å². The topological polar surface area (TPSA) is 96.0 Å². The van der Waals surface area contributed by atoms with Crippen molar-refractivity contribution in [2.24, 2.45) is 0 Å². The van der Waals surface area contributed by atoms with E-state index in [0.29, 0.717) is 16.5 Å². The molecule has 0 radical (unpaired) electrons. The molecule has 1 unspecified atom stereocenters. The Hall–Kier alpha value is -3.56. The third-order valence-corrected chi connectivity index (χ3v) is 7.87. The highest BCUT2D eigenvalue weighted by Crippen LogP contribution is 2.25. The van der Waals surface area contributed by atoms with Gasteiger partial charge in [-0.3, -0.25) is 13.9 Å². The quantitative estimate of drug-likeness (QED) is 0.375. The molecule has 3 aromatic rings. The maximum Gasteiger partial charge on any atom is 0.264 e. The van der Waals surface area contributed by atoms with Crippen LogP contribution >= 0.6 is 11.6 Å². The molecule has 2 amide bonds. The Balaban J connectivity index is 1.99. The van der Waals surface area contributed by atoms with E-state index in [1.54, 1.807) is 68.6 Å². The molecular formula is C28H32ClN3O5S. The summed E-state index contributed by atoms with van der Waals surface area (Å²) in [5.74, 6) is -0.219. The lowest BCUT2D eigenvalue weighted by Gasteiger charge is -2.32. The molecule has 202 valence electrons. The Morgan fingerprint density at radius 2 is 1.53 bits per heavy atom. The number of para-hydroxylation sites is 1. The number of halogens is 1. The maximum absolute atomic E-state index is 13.8. The number of anilines is 1. The first-order valence-corrected chi connectivity index (χ1v) is 13.9. The minimum absolute atomic E-state index is 0.00847. The fraction of sp³-hybridized carbons (Fsp3) is 0.286. The first-order chi connectivity index (χ1) is 18.0. The molecule has 1 N–H and O–H groups in total. The van der Waals surface area contributed by atoms with E-state index in [2.05, 4.69) is 5.32 Å². The van der Waals surface area contributed by atoms with Crippen molar-refractivity contribution in [3.05, 3.63) is 89.4 Å². The van der Waals surface area contributed by atoms with Crippen LogP contribution < -0.4 is 14.4 Å². The summed E-state index contributed by atoms with van der Waals surface area (Å²) >= 11 is 5.97. The van der Waals surface area contributed by atoms with Gasteiger partial charge in [-0.25, -0.2) is 8.42 Å². The largest absolute Gasteiger partial charge is 0.497 e. The van der Waals surface area contributed by atoms with Crippen molar-refractivity contribution in [1.29, 1.82) is 0 Å². The fourth-order valence-corrected chi connectivity index (χ4v) is 5.31. The number of sulfonamides is 1. The summed E-state index contributed by atoms with van der Waals surface area (Å²) in [6, 6.07) is 20.2. The van der Waals surface area contributed by atoms with E-state index in [1.165, 1.54) is 29.2 Å². The molecule has 1 atom stereocenters. The van der Waals surface area contributed by atoms with Gasteiger partial charge in [0.1, 0.15) is 18.3 Å². The van der Waals surface area contributed by atoms with E-state index in [4.69, 9.17) is 16.3 Å². The molecule has 0 heterocycles. The molecular weight excluding hydrogens is 526 g/mol. The lowest BCUT2D eigenvalue weighted by molar-refractivity contribution is -0.139. The Labute approximate surface area is 229 Å². The van der Waals surface area contributed by atoms with Crippen molar-refractivity contribution in [2.45, 2.75) is 44.3 Å². The van der Waals surface area contributed by atoms with Crippen LogP contribution in [0.4, 0.5) is 5.69 Å². The van der Waals surface area contributed by atoms with Gasteiger partial charge < -0.3 is 15.0 Å². The molecule has 10 heteroatoms. The number of nitrogens with zero attached hydrogens (tertiary/aromatic N) is 2. The van der Waals surface area contributed by atoms with Gasteiger partial charge in [0, 0.05) is 17.6 Å². The summed E-state index contributed by atoms with van der Waals surface area (Å²) in [6.45, 7) is 4.87. The molecule has 3 aromatic carbocycles. The Bertz CT molecular complexity index is 1330. The first kappa shape index (κ1) is 29.0. The number of nitrogens with one attached hydrogen (secondary N) is 1. The SMILES string of the molecule is COc1ccc(CN(C(=O)CN(c2ccccc2)S(=O)(=O)c2ccc(Cl)cc2)C(C)C(=O)NC(C)C)cc1. The first-order valence-electron chi connectivity index (χ1n) is 12.1. The van der Waals surface area contributed by atoms with E-state index >= 15 is 0 Å². The lowest BCUT2D eigenvalue weighted by atomic mass is 10.1. The van der Waals surface area contributed by atoms with Gasteiger partial charge in [0.15, 0.2) is 0 Å². The van der Waals surface area contributed by atoms with Gasteiger partial charge in [-0.15, -0.1) is 0 Å². The van der Waals surface area contributed by atoms with Crippen molar-refractivity contribution >= 4 is 39.1 Å². The fourth-order valence-electron chi connectivity index (χ4n) is 3.77. The minimum atomic E-state index is -4.14. The zero-order chi connectivity index (χ0) is 27.9. The zero-order valence-corrected chi connectivity index (χ0v) is 23.4. The number of amides is 2. The molecule has 0 fully saturated rings. The second-order valence-corrected chi connectivity index (χ2v) is 11.3. The van der Waals surface area contributed by atoms with Crippen LogP contribution in [0.25, 0.3) is 0 Å². The van der Waals surface area contributed by atoms with Crippen molar-refractivity contribution in [3.8, 4) is 5.75 Å². The molecule has 0 aliphatic heterocycles. The van der Waals surface area contributed by atoms with Gasteiger partial charge in [-0.1, -0.05) is 41.9 Å².